The van der Waals surface area contributed by atoms with Gasteiger partial charge in [0.15, 0.2) is 0 Å². The monoisotopic (exact) mass is 340 g/mol. The standard InChI is InChI=1S/C14H8BrF3N2/c15-10-1-3-12-9(7-10)5-6-20(12)11-2-4-13(19-8-11)14(16,17)18/h1-8H. The molecule has 0 aliphatic rings. The molecule has 0 saturated heterocycles. The van der Waals surface area contributed by atoms with Gasteiger partial charge in [0, 0.05) is 16.1 Å². The van der Waals surface area contributed by atoms with E-state index in [1.54, 1.807) is 10.8 Å². The summed E-state index contributed by atoms with van der Waals surface area (Å²) in [5, 5.41) is 0.999. The number of benzene rings is 1. The van der Waals surface area contributed by atoms with E-state index in [2.05, 4.69) is 20.9 Å². The van der Waals surface area contributed by atoms with Crippen molar-refractivity contribution in [2.75, 3.05) is 0 Å². The third kappa shape index (κ3) is 2.31. The zero-order valence-electron chi connectivity index (χ0n) is 10.0. The normalized spacial score (nSPS) is 12.0. The van der Waals surface area contributed by atoms with Crippen molar-refractivity contribution in [1.82, 2.24) is 9.55 Å². The van der Waals surface area contributed by atoms with Gasteiger partial charge < -0.3 is 4.57 Å². The van der Waals surface area contributed by atoms with Gasteiger partial charge in [-0.2, -0.15) is 13.2 Å². The molecule has 0 N–H and O–H groups in total. The summed E-state index contributed by atoms with van der Waals surface area (Å²) in [6.07, 6.45) is -1.38. The Kier molecular flexibility index (Phi) is 3.05. The molecule has 0 radical (unpaired) electrons. The number of nitrogens with zero attached hydrogens (tertiary/aromatic N) is 2. The fourth-order valence-electron chi connectivity index (χ4n) is 2.03. The number of aromatic nitrogens is 2. The Morgan fingerprint density at radius 1 is 1.05 bits per heavy atom. The van der Waals surface area contributed by atoms with E-state index in [4.69, 9.17) is 0 Å². The van der Waals surface area contributed by atoms with Crippen LogP contribution >= 0.6 is 15.9 Å². The van der Waals surface area contributed by atoms with Crippen molar-refractivity contribution in [1.29, 1.82) is 0 Å². The van der Waals surface area contributed by atoms with Gasteiger partial charge in [-0.25, -0.2) is 4.98 Å². The van der Waals surface area contributed by atoms with Gasteiger partial charge in [0.25, 0.3) is 0 Å². The van der Waals surface area contributed by atoms with Gasteiger partial charge in [-0.1, -0.05) is 15.9 Å². The highest BCUT2D eigenvalue weighted by atomic mass is 79.9. The highest BCUT2D eigenvalue weighted by Gasteiger charge is 2.32. The van der Waals surface area contributed by atoms with E-state index >= 15 is 0 Å². The lowest BCUT2D eigenvalue weighted by Crippen LogP contribution is -2.08. The van der Waals surface area contributed by atoms with E-state index in [1.165, 1.54) is 12.3 Å². The molecule has 1 aromatic carbocycles. The maximum atomic E-state index is 12.5. The number of alkyl halides is 3. The molecule has 20 heavy (non-hydrogen) atoms. The largest absolute Gasteiger partial charge is 0.433 e. The zero-order chi connectivity index (χ0) is 14.3. The SMILES string of the molecule is FC(F)(F)c1ccc(-n2ccc3cc(Br)ccc32)cn1. The summed E-state index contributed by atoms with van der Waals surface area (Å²) in [6.45, 7) is 0. The van der Waals surface area contributed by atoms with Gasteiger partial charge in [0.05, 0.1) is 17.4 Å². The maximum Gasteiger partial charge on any atom is 0.433 e. The van der Waals surface area contributed by atoms with Crippen LogP contribution in [-0.2, 0) is 6.18 Å². The molecule has 102 valence electrons. The fraction of sp³-hybridized carbons (Fsp3) is 0.0714. The van der Waals surface area contributed by atoms with E-state index in [0.717, 1.165) is 21.4 Å². The summed E-state index contributed by atoms with van der Waals surface area (Å²) < 4.78 is 40.2. The first-order valence-corrected chi connectivity index (χ1v) is 6.55. The van der Waals surface area contributed by atoms with Crippen LogP contribution in [0.15, 0.2) is 53.3 Å². The molecule has 3 aromatic rings. The first-order valence-electron chi connectivity index (χ1n) is 5.75. The second kappa shape index (κ2) is 4.63. The zero-order valence-corrected chi connectivity index (χ0v) is 11.6. The molecule has 0 fully saturated rings. The third-order valence-corrected chi connectivity index (χ3v) is 3.46. The van der Waals surface area contributed by atoms with Crippen LogP contribution in [0.3, 0.4) is 0 Å². The highest BCUT2D eigenvalue weighted by Crippen LogP contribution is 2.28. The number of hydrogen-bond acceptors (Lipinski definition) is 1. The fourth-order valence-corrected chi connectivity index (χ4v) is 2.41. The Balaban J connectivity index is 2.07. The Hall–Kier alpha value is -1.82. The van der Waals surface area contributed by atoms with Gasteiger partial charge in [0.2, 0.25) is 0 Å². The summed E-state index contributed by atoms with van der Waals surface area (Å²) in [7, 11) is 0. The molecule has 3 rings (SSSR count). The summed E-state index contributed by atoms with van der Waals surface area (Å²) >= 11 is 3.38. The van der Waals surface area contributed by atoms with Crippen LogP contribution in [0.5, 0.6) is 0 Å². The maximum absolute atomic E-state index is 12.5. The quantitative estimate of drug-likeness (QED) is 0.621. The second-order valence-electron chi connectivity index (χ2n) is 4.29. The summed E-state index contributed by atoms with van der Waals surface area (Å²) in [6, 6.07) is 10.0. The number of hydrogen-bond donors (Lipinski definition) is 0. The van der Waals surface area contributed by atoms with Gasteiger partial charge in [-0.3, -0.25) is 0 Å². The lowest BCUT2D eigenvalue weighted by atomic mass is 10.2. The molecular weight excluding hydrogens is 333 g/mol. The van der Waals surface area contributed by atoms with E-state index < -0.39 is 11.9 Å². The lowest BCUT2D eigenvalue weighted by Gasteiger charge is -2.08. The van der Waals surface area contributed by atoms with Crippen LogP contribution in [0, 0.1) is 0 Å². The van der Waals surface area contributed by atoms with Gasteiger partial charge in [0.1, 0.15) is 5.69 Å². The molecule has 6 heteroatoms. The van der Waals surface area contributed by atoms with Crippen molar-refractivity contribution in [3.8, 4) is 5.69 Å². The molecule has 2 heterocycles. The Morgan fingerprint density at radius 2 is 1.85 bits per heavy atom. The Labute approximate surface area is 121 Å². The summed E-state index contributed by atoms with van der Waals surface area (Å²) in [5.41, 5.74) is 0.616. The molecule has 2 nitrogen and oxygen atoms in total. The first-order chi connectivity index (χ1) is 9.45. The number of fused-ring (bicyclic) bond motifs is 1. The van der Waals surface area contributed by atoms with Crippen molar-refractivity contribution in [3.05, 3.63) is 59.0 Å². The average molecular weight is 341 g/mol. The number of halogens is 4. The number of rotatable bonds is 1. The minimum Gasteiger partial charge on any atom is -0.315 e. The second-order valence-corrected chi connectivity index (χ2v) is 5.20. The number of pyridine rings is 1. The van der Waals surface area contributed by atoms with Gasteiger partial charge >= 0.3 is 6.18 Å². The van der Waals surface area contributed by atoms with Crippen LogP contribution in [0.1, 0.15) is 5.69 Å². The van der Waals surface area contributed by atoms with E-state index in [0.29, 0.717) is 5.69 Å². The molecule has 0 aliphatic heterocycles. The van der Waals surface area contributed by atoms with Crippen LogP contribution in [-0.4, -0.2) is 9.55 Å². The predicted molar refractivity (Wildman–Crippen MR) is 73.8 cm³/mol. The third-order valence-electron chi connectivity index (χ3n) is 2.97. The van der Waals surface area contributed by atoms with Crippen molar-refractivity contribution in [2.24, 2.45) is 0 Å². The molecule has 0 unspecified atom stereocenters. The Bertz CT molecular complexity index is 760. The molecular formula is C14H8BrF3N2. The smallest absolute Gasteiger partial charge is 0.315 e. The molecule has 2 aromatic heterocycles. The van der Waals surface area contributed by atoms with Crippen LogP contribution in [0.25, 0.3) is 16.6 Å². The van der Waals surface area contributed by atoms with Crippen LogP contribution in [0.4, 0.5) is 13.2 Å². The van der Waals surface area contributed by atoms with Gasteiger partial charge in [-0.05, 0) is 36.4 Å². The molecule has 0 saturated carbocycles. The molecule has 0 amide bonds. The van der Waals surface area contributed by atoms with Crippen molar-refractivity contribution < 1.29 is 13.2 Å². The van der Waals surface area contributed by atoms with Crippen LogP contribution in [0.2, 0.25) is 0 Å². The van der Waals surface area contributed by atoms with E-state index in [-0.39, 0.29) is 0 Å². The first kappa shape index (κ1) is 13.2. The van der Waals surface area contributed by atoms with E-state index in [1.807, 2.05) is 24.3 Å². The topological polar surface area (TPSA) is 17.8 Å². The predicted octanol–water partition coefficient (Wildman–Crippen LogP) is 4.81. The minimum atomic E-state index is -4.41. The molecule has 0 spiro atoms. The van der Waals surface area contributed by atoms with Crippen LogP contribution < -0.4 is 0 Å². The molecule has 0 atom stereocenters. The highest BCUT2D eigenvalue weighted by molar-refractivity contribution is 9.10. The van der Waals surface area contributed by atoms with Crippen molar-refractivity contribution in [3.63, 3.8) is 0 Å². The van der Waals surface area contributed by atoms with Crippen molar-refractivity contribution >= 4 is 26.8 Å². The van der Waals surface area contributed by atoms with Crippen molar-refractivity contribution in [2.45, 2.75) is 6.18 Å². The van der Waals surface area contributed by atoms with E-state index in [9.17, 15) is 13.2 Å². The summed E-state index contributed by atoms with van der Waals surface area (Å²) in [4.78, 5) is 3.48. The lowest BCUT2D eigenvalue weighted by molar-refractivity contribution is -0.141. The average Bonchev–Trinajstić information content (AvgIpc) is 2.80. The minimum absolute atomic E-state index is 0.593. The molecule has 0 bridgehead atoms. The van der Waals surface area contributed by atoms with Gasteiger partial charge in [-0.15, -0.1) is 0 Å². The molecule has 0 aliphatic carbocycles. The Morgan fingerprint density at radius 3 is 2.50 bits per heavy atom. The summed E-state index contributed by atoms with van der Waals surface area (Å²) in [5.74, 6) is 0.